The molecule has 0 bridgehead atoms. The largest absolute Gasteiger partial charge is 0.372 e. The van der Waals surface area contributed by atoms with Crippen LogP contribution < -0.4 is 11.1 Å². The first-order valence-corrected chi connectivity index (χ1v) is 5.99. The highest BCUT2D eigenvalue weighted by molar-refractivity contribution is 5.77. The lowest BCUT2D eigenvalue weighted by Gasteiger charge is -2.07. The van der Waals surface area contributed by atoms with E-state index >= 15 is 0 Å². The number of hydrogen-bond donors (Lipinski definition) is 2. The van der Waals surface area contributed by atoms with Crippen LogP contribution in [0.15, 0.2) is 18.2 Å². The quantitative estimate of drug-likeness (QED) is 0.721. The van der Waals surface area contributed by atoms with Crippen LogP contribution in [-0.2, 0) is 22.6 Å². The molecule has 0 radical (unpaired) electrons. The minimum atomic E-state index is -0.354. The lowest BCUT2D eigenvalue weighted by molar-refractivity contribution is -0.125. The molecule has 1 aromatic rings. The van der Waals surface area contributed by atoms with Gasteiger partial charge in [-0.2, -0.15) is 0 Å². The van der Waals surface area contributed by atoms with E-state index in [9.17, 15) is 9.18 Å². The predicted molar refractivity (Wildman–Crippen MR) is 67.2 cm³/mol. The van der Waals surface area contributed by atoms with Gasteiger partial charge in [0, 0.05) is 25.3 Å². The van der Waals surface area contributed by atoms with E-state index in [4.69, 9.17) is 10.5 Å². The van der Waals surface area contributed by atoms with E-state index in [1.165, 1.54) is 6.07 Å². The second kappa shape index (κ2) is 7.79. The second-order valence-corrected chi connectivity index (χ2v) is 3.96. The number of hydrogen-bond acceptors (Lipinski definition) is 3. The van der Waals surface area contributed by atoms with Crippen molar-refractivity contribution in [2.45, 2.75) is 26.4 Å². The molecule has 18 heavy (non-hydrogen) atoms. The molecule has 0 heterocycles. The molecule has 0 aliphatic carbocycles. The number of carbonyl (C=O) groups excluding carboxylic acids is 1. The topological polar surface area (TPSA) is 64.3 Å². The lowest BCUT2D eigenvalue weighted by Crippen LogP contribution is -2.27. The van der Waals surface area contributed by atoms with E-state index < -0.39 is 0 Å². The number of ether oxygens (including phenoxy) is 1. The van der Waals surface area contributed by atoms with Gasteiger partial charge in [-0.3, -0.25) is 4.79 Å². The molecule has 3 N–H and O–H groups in total. The summed E-state index contributed by atoms with van der Waals surface area (Å²) in [4.78, 5) is 11.3. The van der Waals surface area contributed by atoms with Gasteiger partial charge < -0.3 is 15.8 Å². The average Bonchev–Trinajstić information content (AvgIpc) is 2.37. The summed E-state index contributed by atoms with van der Waals surface area (Å²) >= 11 is 0. The first kappa shape index (κ1) is 14.6. The van der Waals surface area contributed by atoms with Crippen LogP contribution in [0.2, 0.25) is 0 Å². The summed E-state index contributed by atoms with van der Waals surface area (Å²) in [5.74, 6) is -0.599. The minimum Gasteiger partial charge on any atom is -0.372 e. The van der Waals surface area contributed by atoms with Gasteiger partial charge >= 0.3 is 0 Å². The van der Waals surface area contributed by atoms with Gasteiger partial charge in [0.25, 0.3) is 0 Å². The Kier molecular flexibility index (Phi) is 6.32. The van der Waals surface area contributed by atoms with E-state index in [1.807, 2.05) is 6.92 Å². The number of nitrogens with one attached hydrogen (secondary N) is 1. The van der Waals surface area contributed by atoms with E-state index in [0.29, 0.717) is 18.7 Å². The number of carbonyl (C=O) groups is 1. The van der Waals surface area contributed by atoms with Crippen molar-refractivity contribution < 1.29 is 13.9 Å². The Balaban J connectivity index is 2.41. The first-order valence-electron chi connectivity index (χ1n) is 5.99. The Morgan fingerprint density at radius 1 is 1.50 bits per heavy atom. The summed E-state index contributed by atoms with van der Waals surface area (Å²) in [5, 5.41) is 2.60. The summed E-state index contributed by atoms with van der Waals surface area (Å²) in [6.45, 7) is 2.98. The Morgan fingerprint density at radius 3 is 2.89 bits per heavy atom. The van der Waals surface area contributed by atoms with Crippen molar-refractivity contribution in [2.24, 2.45) is 5.73 Å². The third-order valence-electron chi connectivity index (χ3n) is 2.41. The zero-order valence-corrected chi connectivity index (χ0v) is 10.5. The fourth-order valence-corrected chi connectivity index (χ4v) is 1.42. The zero-order valence-electron chi connectivity index (χ0n) is 10.5. The Bertz CT molecular complexity index is 397. The van der Waals surface area contributed by atoms with Gasteiger partial charge in [0.05, 0.1) is 0 Å². The van der Waals surface area contributed by atoms with Crippen LogP contribution in [0.4, 0.5) is 4.39 Å². The van der Waals surface area contributed by atoms with Crippen LogP contribution in [0.1, 0.15) is 24.5 Å². The van der Waals surface area contributed by atoms with Crippen molar-refractivity contribution in [3.8, 4) is 0 Å². The fourth-order valence-electron chi connectivity index (χ4n) is 1.42. The highest BCUT2D eigenvalue weighted by Gasteiger charge is 2.05. The summed E-state index contributed by atoms with van der Waals surface area (Å²) in [6.07, 6.45) is 0.864. The minimum absolute atomic E-state index is 0.0103. The summed E-state index contributed by atoms with van der Waals surface area (Å²) in [6, 6.07) is 4.76. The summed E-state index contributed by atoms with van der Waals surface area (Å²) in [5.41, 5.74) is 6.58. The molecule has 4 nitrogen and oxygen atoms in total. The number of rotatable bonds is 7. The third-order valence-corrected chi connectivity index (χ3v) is 2.41. The van der Waals surface area contributed by atoms with Gasteiger partial charge in [-0.15, -0.1) is 0 Å². The molecule has 0 saturated heterocycles. The molecule has 0 atom stereocenters. The molecule has 0 spiro atoms. The fraction of sp³-hybridized carbons (Fsp3) is 0.462. The number of nitrogens with two attached hydrogens (primary N) is 1. The Labute approximate surface area is 106 Å². The average molecular weight is 254 g/mol. The monoisotopic (exact) mass is 254 g/mol. The third kappa shape index (κ3) is 4.81. The van der Waals surface area contributed by atoms with Crippen LogP contribution in [-0.4, -0.2) is 19.1 Å². The molecule has 0 saturated carbocycles. The van der Waals surface area contributed by atoms with Gasteiger partial charge in [-0.25, -0.2) is 4.39 Å². The van der Waals surface area contributed by atoms with Crippen molar-refractivity contribution in [2.75, 3.05) is 13.2 Å². The van der Waals surface area contributed by atoms with Gasteiger partial charge in [0.2, 0.25) is 5.91 Å². The molecule has 1 amide bonds. The Hall–Kier alpha value is -1.46. The molecule has 0 fully saturated rings. The standard InChI is InChI=1S/C13H19FN2O2/c1-2-5-18-9-13(17)16-8-11-4-3-10(7-15)6-12(11)14/h3-4,6H,2,5,7-9,15H2,1H3,(H,16,17). The highest BCUT2D eigenvalue weighted by Crippen LogP contribution is 2.09. The van der Waals surface area contributed by atoms with Crippen LogP contribution in [0.3, 0.4) is 0 Å². The molecule has 0 aromatic heterocycles. The van der Waals surface area contributed by atoms with Crippen LogP contribution in [0.25, 0.3) is 0 Å². The predicted octanol–water partition coefficient (Wildman–Crippen LogP) is 1.33. The van der Waals surface area contributed by atoms with Crippen molar-refractivity contribution >= 4 is 5.91 Å². The van der Waals surface area contributed by atoms with Crippen molar-refractivity contribution in [1.82, 2.24) is 5.32 Å². The number of halogens is 1. The van der Waals surface area contributed by atoms with Gasteiger partial charge in [0.1, 0.15) is 12.4 Å². The normalized spacial score (nSPS) is 10.4. The SMILES string of the molecule is CCCOCC(=O)NCc1ccc(CN)cc1F. The molecule has 0 aliphatic heterocycles. The smallest absolute Gasteiger partial charge is 0.246 e. The molecular weight excluding hydrogens is 235 g/mol. The molecule has 0 aliphatic rings. The molecule has 1 aromatic carbocycles. The van der Waals surface area contributed by atoms with Crippen molar-refractivity contribution in [1.29, 1.82) is 0 Å². The first-order chi connectivity index (χ1) is 8.67. The van der Waals surface area contributed by atoms with Crippen LogP contribution >= 0.6 is 0 Å². The maximum absolute atomic E-state index is 13.6. The molecular formula is C13H19FN2O2. The van der Waals surface area contributed by atoms with Crippen molar-refractivity contribution in [3.63, 3.8) is 0 Å². The van der Waals surface area contributed by atoms with Crippen LogP contribution in [0, 0.1) is 5.82 Å². The van der Waals surface area contributed by atoms with E-state index in [1.54, 1.807) is 12.1 Å². The van der Waals surface area contributed by atoms with Gasteiger partial charge in [-0.1, -0.05) is 19.1 Å². The highest BCUT2D eigenvalue weighted by atomic mass is 19.1. The molecule has 1 rings (SSSR count). The molecule has 100 valence electrons. The second-order valence-electron chi connectivity index (χ2n) is 3.96. The summed E-state index contributed by atoms with van der Waals surface area (Å²) in [7, 11) is 0. The van der Waals surface area contributed by atoms with Gasteiger partial charge in [-0.05, 0) is 18.1 Å². The lowest BCUT2D eigenvalue weighted by atomic mass is 10.1. The van der Waals surface area contributed by atoms with Crippen molar-refractivity contribution in [3.05, 3.63) is 35.1 Å². The Morgan fingerprint density at radius 2 is 2.28 bits per heavy atom. The molecule has 0 unspecified atom stereocenters. The maximum Gasteiger partial charge on any atom is 0.246 e. The molecule has 5 heteroatoms. The van der Waals surface area contributed by atoms with Crippen LogP contribution in [0.5, 0.6) is 0 Å². The van der Waals surface area contributed by atoms with E-state index in [-0.39, 0.29) is 24.9 Å². The zero-order chi connectivity index (χ0) is 13.4. The summed E-state index contributed by atoms with van der Waals surface area (Å²) < 4.78 is 18.6. The number of benzene rings is 1. The number of amides is 1. The van der Waals surface area contributed by atoms with E-state index in [0.717, 1.165) is 12.0 Å². The van der Waals surface area contributed by atoms with E-state index in [2.05, 4.69) is 5.32 Å². The van der Waals surface area contributed by atoms with Gasteiger partial charge in [0.15, 0.2) is 0 Å². The maximum atomic E-state index is 13.6.